The first-order valence-corrected chi connectivity index (χ1v) is 11.6. The quantitative estimate of drug-likeness (QED) is 0.198. The van der Waals surface area contributed by atoms with E-state index in [2.05, 4.69) is 27.9 Å². The van der Waals surface area contributed by atoms with Crippen molar-refractivity contribution in [3.8, 4) is 11.3 Å². The molecule has 3 heterocycles. The first kappa shape index (κ1) is 26.0. The highest BCUT2D eigenvalue weighted by Crippen LogP contribution is 2.22. The Balaban J connectivity index is 0.000000308. The van der Waals surface area contributed by atoms with Crippen molar-refractivity contribution in [2.24, 2.45) is 7.05 Å². The van der Waals surface area contributed by atoms with E-state index in [-0.39, 0.29) is 5.91 Å². The van der Waals surface area contributed by atoms with E-state index in [0.29, 0.717) is 12.2 Å². The molecule has 4 rings (SSSR count). The molecule has 0 saturated carbocycles. The zero-order chi connectivity index (χ0) is 25.9. The van der Waals surface area contributed by atoms with Crippen molar-refractivity contribution in [3.63, 3.8) is 0 Å². The Morgan fingerprint density at radius 3 is 2.58 bits per heavy atom. The second kappa shape index (κ2) is 12.8. The minimum Gasteiger partial charge on any atom is -0.336 e. The van der Waals surface area contributed by atoms with E-state index < -0.39 is 0 Å². The number of aryl methyl sites for hydroxylation is 1. The molecular weight excluding hydrogens is 448 g/mol. The highest BCUT2D eigenvalue weighted by atomic mass is 16.1. The molecule has 182 valence electrons. The van der Waals surface area contributed by atoms with Gasteiger partial charge in [0.1, 0.15) is 17.8 Å². The van der Waals surface area contributed by atoms with Gasteiger partial charge in [0, 0.05) is 36.0 Å². The van der Waals surface area contributed by atoms with Gasteiger partial charge in [-0.1, -0.05) is 61.2 Å². The highest BCUT2D eigenvalue weighted by molar-refractivity contribution is 5.91. The van der Waals surface area contributed by atoms with Gasteiger partial charge in [-0.05, 0) is 49.2 Å². The van der Waals surface area contributed by atoms with Gasteiger partial charge < -0.3 is 9.88 Å². The second-order valence-corrected chi connectivity index (χ2v) is 8.13. The molecule has 6 nitrogen and oxygen atoms in total. The maximum atomic E-state index is 12.2. The van der Waals surface area contributed by atoms with Crippen LogP contribution in [0.3, 0.4) is 0 Å². The third-order valence-corrected chi connectivity index (χ3v) is 5.49. The lowest BCUT2D eigenvalue weighted by molar-refractivity contribution is -0.115. The third kappa shape index (κ3) is 6.96. The summed E-state index contributed by atoms with van der Waals surface area (Å²) in [6.07, 6.45) is 10.2. The van der Waals surface area contributed by atoms with Crippen LogP contribution in [0.4, 0.5) is 5.82 Å². The van der Waals surface area contributed by atoms with E-state index >= 15 is 0 Å². The number of fused-ring (bicyclic) bond motifs is 1. The molecule has 0 saturated heterocycles. The Morgan fingerprint density at radius 1 is 1.11 bits per heavy atom. The Labute approximate surface area is 211 Å². The van der Waals surface area contributed by atoms with Gasteiger partial charge in [0.05, 0.1) is 12.1 Å². The van der Waals surface area contributed by atoms with E-state index in [1.807, 2.05) is 86.3 Å². The van der Waals surface area contributed by atoms with Crippen molar-refractivity contribution in [1.29, 1.82) is 0 Å². The number of hydrogen-bond donors (Lipinski definition) is 1. The maximum Gasteiger partial charge on any atom is 0.229 e. The molecule has 0 aliphatic rings. The van der Waals surface area contributed by atoms with E-state index in [9.17, 15) is 9.59 Å². The predicted molar refractivity (Wildman–Crippen MR) is 146 cm³/mol. The van der Waals surface area contributed by atoms with Crippen molar-refractivity contribution < 1.29 is 9.59 Å². The number of benzene rings is 1. The van der Waals surface area contributed by atoms with Crippen LogP contribution in [-0.2, 0) is 23.1 Å². The van der Waals surface area contributed by atoms with Gasteiger partial charge in [-0.3, -0.25) is 9.59 Å². The number of allylic oxidation sites excluding steroid dienone is 5. The fourth-order valence-corrected chi connectivity index (χ4v) is 3.59. The molecule has 36 heavy (non-hydrogen) atoms. The van der Waals surface area contributed by atoms with Crippen LogP contribution in [0.2, 0.25) is 0 Å². The third-order valence-electron chi connectivity index (χ3n) is 5.49. The number of nitrogens with one attached hydrogen (secondary N) is 1. The summed E-state index contributed by atoms with van der Waals surface area (Å²) in [6, 6.07) is 19.3. The van der Waals surface area contributed by atoms with E-state index in [1.54, 1.807) is 24.4 Å². The first-order valence-electron chi connectivity index (χ1n) is 11.6. The van der Waals surface area contributed by atoms with Gasteiger partial charge in [0.2, 0.25) is 5.91 Å². The van der Waals surface area contributed by atoms with E-state index in [1.165, 1.54) is 0 Å². The molecule has 0 atom stereocenters. The predicted octanol–water partition coefficient (Wildman–Crippen LogP) is 6.08. The summed E-state index contributed by atoms with van der Waals surface area (Å²) in [5.74, 6) is 0.453. The van der Waals surface area contributed by atoms with Crippen molar-refractivity contribution in [1.82, 2.24) is 14.5 Å². The molecule has 1 aromatic carbocycles. The van der Waals surface area contributed by atoms with Gasteiger partial charge >= 0.3 is 0 Å². The minimum absolute atomic E-state index is 0.0857. The molecule has 3 aromatic heterocycles. The van der Waals surface area contributed by atoms with E-state index in [4.69, 9.17) is 0 Å². The number of pyridine rings is 2. The number of nitrogens with zero attached hydrogens (tertiary/aromatic N) is 3. The van der Waals surface area contributed by atoms with Crippen molar-refractivity contribution in [2.45, 2.75) is 20.3 Å². The molecular formula is C30H30N4O2. The molecule has 4 aromatic rings. The molecule has 6 heteroatoms. The van der Waals surface area contributed by atoms with Crippen LogP contribution in [0, 0.1) is 0 Å². The summed E-state index contributed by atoms with van der Waals surface area (Å²) in [5.41, 5.74) is 5.27. The van der Waals surface area contributed by atoms with Gasteiger partial charge in [-0.25, -0.2) is 9.97 Å². The van der Waals surface area contributed by atoms with Crippen LogP contribution in [0.1, 0.15) is 19.4 Å². The largest absolute Gasteiger partial charge is 0.336 e. The number of carbonyl (C=O) groups excluding carboxylic acids is 2. The Morgan fingerprint density at radius 2 is 1.89 bits per heavy atom. The Kier molecular flexibility index (Phi) is 9.23. The topological polar surface area (TPSA) is 76.9 Å². The van der Waals surface area contributed by atoms with Crippen LogP contribution >= 0.6 is 0 Å². The smallest absolute Gasteiger partial charge is 0.229 e. The normalized spacial score (nSPS) is 11.4. The number of aldehydes is 1. The van der Waals surface area contributed by atoms with Crippen LogP contribution < -0.4 is 5.32 Å². The van der Waals surface area contributed by atoms with Gasteiger partial charge in [0.15, 0.2) is 0 Å². The molecule has 0 aliphatic heterocycles. The molecule has 0 fully saturated rings. The number of anilines is 1. The average molecular weight is 479 g/mol. The van der Waals surface area contributed by atoms with E-state index in [0.717, 1.165) is 45.3 Å². The van der Waals surface area contributed by atoms with Crippen molar-refractivity contribution in [3.05, 3.63) is 115 Å². The fraction of sp³-hybridized carbons (Fsp3) is 0.133. The number of aromatic nitrogens is 3. The highest BCUT2D eigenvalue weighted by Gasteiger charge is 2.08. The zero-order valence-corrected chi connectivity index (χ0v) is 20.8. The molecule has 0 spiro atoms. The SMILES string of the molecule is C=C/C=C(C)\C(C=O)=C/C.Cn1ccc2cc(-c3cccc(NC(=O)Cc4ccccc4)n3)cnc21. The number of hydrogen-bond acceptors (Lipinski definition) is 4. The number of rotatable bonds is 7. The van der Waals surface area contributed by atoms with Gasteiger partial charge in [-0.15, -0.1) is 0 Å². The second-order valence-electron chi connectivity index (χ2n) is 8.13. The molecule has 0 unspecified atom stereocenters. The van der Waals surface area contributed by atoms with Crippen LogP contribution in [-0.4, -0.2) is 26.7 Å². The van der Waals surface area contributed by atoms with Gasteiger partial charge in [-0.2, -0.15) is 0 Å². The van der Waals surface area contributed by atoms with Crippen LogP contribution in [0.25, 0.3) is 22.3 Å². The van der Waals surface area contributed by atoms with Gasteiger partial charge in [0.25, 0.3) is 0 Å². The first-order chi connectivity index (χ1) is 17.4. The van der Waals surface area contributed by atoms with Crippen LogP contribution in [0.15, 0.2) is 109 Å². The summed E-state index contributed by atoms with van der Waals surface area (Å²) < 4.78 is 1.98. The summed E-state index contributed by atoms with van der Waals surface area (Å²) in [5, 5.41) is 3.93. The number of amides is 1. The summed E-state index contributed by atoms with van der Waals surface area (Å²) in [6.45, 7) is 7.25. The summed E-state index contributed by atoms with van der Waals surface area (Å²) >= 11 is 0. The Bertz CT molecular complexity index is 1420. The van der Waals surface area contributed by atoms with Crippen LogP contribution in [0.5, 0.6) is 0 Å². The molecule has 1 N–H and O–H groups in total. The standard InChI is InChI=1S/C21H18N4O.C9H12O/c1-25-11-10-16-13-17(14-22-21(16)25)18-8-5-9-19(23-18)24-20(26)12-15-6-3-2-4-7-15;1-4-6-8(3)9(5-2)7-10/h2-11,13-14H,12H2,1H3,(H,23,24,26);4-7H,1H2,2-3H3/b;8-6-,9-5-. The summed E-state index contributed by atoms with van der Waals surface area (Å²) in [7, 11) is 1.97. The summed E-state index contributed by atoms with van der Waals surface area (Å²) in [4.78, 5) is 31.6. The Hall–Kier alpha value is -4.58. The number of carbonyl (C=O) groups is 2. The monoisotopic (exact) mass is 478 g/mol. The molecule has 0 bridgehead atoms. The zero-order valence-electron chi connectivity index (χ0n) is 20.8. The lowest BCUT2D eigenvalue weighted by atomic mass is 10.1. The molecule has 1 amide bonds. The fourth-order valence-electron chi connectivity index (χ4n) is 3.59. The molecule has 0 radical (unpaired) electrons. The molecule has 0 aliphatic carbocycles. The lowest BCUT2D eigenvalue weighted by Crippen LogP contribution is -2.15. The van der Waals surface area contributed by atoms with Crippen molar-refractivity contribution in [2.75, 3.05) is 5.32 Å². The average Bonchev–Trinajstić information content (AvgIpc) is 3.26. The maximum absolute atomic E-state index is 12.2. The lowest BCUT2D eigenvalue weighted by Gasteiger charge is -2.07. The van der Waals surface area contributed by atoms with Crippen molar-refractivity contribution >= 4 is 29.0 Å². The minimum atomic E-state index is -0.0857.